The van der Waals surface area contributed by atoms with Gasteiger partial charge >= 0.3 is 5.63 Å². The van der Waals surface area contributed by atoms with Crippen molar-refractivity contribution in [1.29, 1.82) is 0 Å². The van der Waals surface area contributed by atoms with Gasteiger partial charge in [-0.3, -0.25) is 9.59 Å². The highest BCUT2D eigenvalue weighted by atomic mass is 16.4. The Hall–Kier alpha value is -3.61. The van der Waals surface area contributed by atoms with Crippen molar-refractivity contribution in [2.45, 2.75) is 26.8 Å². The van der Waals surface area contributed by atoms with Gasteiger partial charge in [-0.15, -0.1) is 0 Å². The van der Waals surface area contributed by atoms with Crippen molar-refractivity contribution in [3.05, 3.63) is 76.0 Å². The Labute approximate surface area is 175 Å². The van der Waals surface area contributed by atoms with Crippen LogP contribution in [0.15, 0.2) is 57.9 Å². The fourth-order valence-electron chi connectivity index (χ4n) is 2.91. The molecule has 1 atom stereocenters. The monoisotopic (exact) mass is 409 g/mol. The number of amides is 2. The summed E-state index contributed by atoms with van der Waals surface area (Å²) in [5, 5.41) is 2.52. The van der Waals surface area contributed by atoms with Gasteiger partial charge < -0.3 is 20.4 Å². The average molecular weight is 409 g/mol. The van der Waals surface area contributed by atoms with Gasteiger partial charge in [0.15, 0.2) is 0 Å². The lowest BCUT2D eigenvalue weighted by molar-refractivity contribution is -0.127. The van der Waals surface area contributed by atoms with Crippen molar-refractivity contribution in [1.82, 2.24) is 10.2 Å². The van der Waals surface area contributed by atoms with E-state index >= 15 is 0 Å². The molecular formula is C23H27N3O4. The minimum atomic E-state index is -0.749. The van der Waals surface area contributed by atoms with E-state index in [0.717, 1.165) is 22.3 Å². The highest BCUT2D eigenvalue weighted by Crippen LogP contribution is 2.28. The lowest BCUT2D eigenvalue weighted by Gasteiger charge is -2.20. The minimum absolute atomic E-state index is 0.00823. The van der Waals surface area contributed by atoms with Gasteiger partial charge in [-0.1, -0.05) is 30.8 Å². The lowest BCUT2D eigenvalue weighted by Crippen LogP contribution is -2.45. The zero-order chi connectivity index (χ0) is 22.4. The molecule has 1 aromatic heterocycles. The molecule has 0 radical (unpaired) electrons. The van der Waals surface area contributed by atoms with Crippen LogP contribution in [0.25, 0.3) is 17.2 Å². The summed E-state index contributed by atoms with van der Waals surface area (Å²) >= 11 is 0. The van der Waals surface area contributed by atoms with Gasteiger partial charge in [0.05, 0.1) is 6.54 Å². The maximum atomic E-state index is 12.0. The molecule has 2 aromatic rings. The third-order valence-corrected chi connectivity index (χ3v) is 4.74. The summed E-state index contributed by atoms with van der Waals surface area (Å²) in [6.07, 6.45) is 3.55. The Bertz CT molecular complexity index is 1050. The van der Waals surface area contributed by atoms with E-state index in [0.29, 0.717) is 11.5 Å². The van der Waals surface area contributed by atoms with E-state index in [1.807, 2.05) is 37.3 Å². The first-order chi connectivity index (χ1) is 14.1. The summed E-state index contributed by atoms with van der Waals surface area (Å²) in [6, 6.07) is 8.50. The molecule has 1 unspecified atom stereocenters. The standard InChI is InChI=1S/C23H27N3O4/c1-14-8-6-7-9-18(14)20-12-22(28)30-17(4)19(20)11-10-15(2)26(5)13-21(27)25-16(3)23(24)29/h6-12,16H,2,13H2,1,3-5H3,(H2,24,29)(H,25,27)/b11-10-. The van der Waals surface area contributed by atoms with Crippen molar-refractivity contribution in [3.8, 4) is 11.1 Å². The molecule has 158 valence electrons. The van der Waals surface area contributed by atoms with Crippen molar-refractivity contribution in [2.75, 3.05) is 13.6 Å². The molecule has 0 aliphatic carbocycles. The first-order valence-corrected chi connectivity index (χ1v) is 9.47. The zero-order valence-electron chi connectivity index (χ0n) is 17.7. The number of allylic oxidation sites excluding steroid dienone is 1. The molecule has 0 saturated carbocycles. The Morgan fingerprint density at radius 2 is 1.93 bits per heavy atom. The van der Waals surface area contributed by atoms with Crippen LogP contribution in [0.1, 0.15) is 23.8 Å². The lowest BCUT2D eigenvalue weighted by atomic mass is 9.96. The summed E-state index contributed by atoms with van der Waals surface area (Å²) in [4.78, 5) is 36.7. The van der Waals surface area contributed by atoms with Gasteiger partial charge in [0, 0.05) is 24.4 Å². The summed E-state index contributed by atoms with van der Waals surface area (Å²) in [6.45, 7) is 9.22. The molecule has 3 N–H and O–H groups in total. The first kappa shape index (κ1) is 22.7. The number of hydrogen-bond acceptors (Lipinski definition) is 5. The predicted octanol–water partition coefficient (Wildman–Crippen LogP) is 2.37. The van der Waals surface area contributed by atoms with E-state index in [2.05, 4.69) is 11.9 Å². The summed E-state index contributed by atoms with van der Waals surface area (Å²) in [5.41, 5.74) is 8.80. The van der Waals surface area contributed by atoms with Gasteiger partial charge in [-0.05, 0) is 49.6 Å². The molecule has 0 spiro atoms. The van der Waals surface area contributed by atoms with Gasteiger partial charge in [-0.25, -0.2) is 4.79 Å². The van der Waals surface area contributed by atoms with E-state index < -0.39 is 17.6 Å². The number of carbonyl (C=O) groups is 2. The highest BCUT2D eigenvalue weighted by molar-refractivity contribution is 5.87. The minimum Gasteiger partial charge on any atom is -0.428 e. The van der Waals surface area contributed by atoms with Gasteiger partial charge in [-0.2, -0.15) is 0 Å². The fraction of sp³-hybridized carbons (Fsp3) is 0.261. The topological polar surface area (TPSA) is 106 Å². The summed E-state index contributed by atoms with van der Waals surface area (Å²) in [5.74, 6) is -0.462. The Balaban J connectivity index is 2.24. The number of nitrogens with one attached hydrogen (secondary N) is 1. The molecule has 0 aliphatic rings. The van der Waals surface area contributed by atoms with Crippen LogP contribution in [0.3, 0.4) is 0 Å². The molecule has 2 amide bonds. The van der Waals surface area contributed by atoms with Crippen LogP contribution in [0.2, 0.25) is 0 Å². The molecule has 2 rings (SSSR count). The van der Waals surface area contributed by atoms with Crippen molar-refractivity contribution in [3.63, 3.8) is 0 Å². The summed E-state index contributed by atoms with van der Waals surface area (Å²) in [7, 11) is 1.71. The maximum Gasteiger partial charge on any atom is 0.336 e. The van der Waals surface area contributed by atoms with Crippen LogP contribution in [0, 0.1) is 13.8 Å². The Morgan fingerprint density at radius 1 is 1.27 bits per heavy atom. The summed E-state index contributed by atoms with van der Waals surface area (Å²) < 4.78 is 5.28. The smallest absolute Gasteiger partial charge is 0.336 e. The maximum absolute atomic E-state index is 12.0. The molecule has 0 bridgehead atoms. The third kappa shape index (κ3) is 5.70. The molecule has 1 aromatic carbocycles. The number of likely N-dealkylation sites (N-methyl/N-ethyl adjacent to an activating group) is 1. The number of hydrogen-bond donors (Lipinski definition) is 2. The van der Waals surface area contributed by atoms with Crippen LogP contribution in [-0.2, 0) is 9.59 Å². The third-order valence-electron chi connectivity index (χ3n) is 4.74. The van der Waals surface area contributed by atoms with Crippen LogP contribution in [0.5, 0.6) is 0 Å². The van der Waals surface area contributed by atoms with E-state index in [4.69, 9.17) is 10.2 Å². The number of nitrogens with zero attached hydrogens (tertiary/aromatic N) is 1. The SMILES string of the molecule is C=C(/C=C\c1c(-c2ccccc2C)cc(=O)oc1C)N(C)CC(=O)NC(C)C(N)=O. The zero-order valence-corrected chi connectivity index (χ0v) is 17.7. The van der Waals surface area contributed by atoms with Crippen molar-refractivity contribution in [2.24, 2.45) is 5.73 Å². The molecule has 7 nitrogen and oxygen atoms in total. The second-order valence-corrected chi connectivity index (χ2v) is 7.14. The van der Waals surface area contributed by atoms with Gasteiger partial charge in [0.25, 0.3) is 0 Å². The molecule has 0 saturated heterocycles. The Morgan fingerprint density at radius 3 is 2.57 bits per heavy atom. The number of aryl methyl sites for hydroxylation is 2. The van der Waals surface area contributed by atoms with E-state index in [1.54, 1.807) is 24.9 Å². The number of carbonyl (C=O) groups excluding carboxylic acids is 2. The van der Waals surface area contributed by atoms with Crippen LogP contribution in [-0.4, -0.2) is 36.3 Å². The largest absolute Gasteiger partial charge is 0.428 e. The number of rotatable bonds is 8. The predicted molar refractivity (Wildman–Crippen MR) is 117 cm³/mol. The van der Waals surface area contributed by atoms with Gasteiger partial charge in [0.1, 0.15) is 11.8 Å². The van der Waals surface area contributed by atoms with Crippen LogP contribution >= 0.6 is 0 Å². The first-order valence-electron chi connectivity index (χ1n) is 9.47. The number of primary amides is 1. The molecule has 0 fully saturated rings. The van der Waals surface area contributed by atoms with Crippen molar-refractivity contribution < 1.29 is 14.0 Å². The molecule has 7 heteroatoms. The molecule has 30 heavy (non-hydrogen) atoms. The van der Waals surface area contributed by atoms with Crippen LogP contribution < -0.4 is 16.7 Å². The molecule has 1 heterocycles. The fourth-order valence-corrected chi connectivity index (χ4v) is 2.91. The van der Waals surface area contributed by atoms with Crippen molar-refractivity contribution >= 4 is 17.9 Å². The molecular weight excluding hydrogens is 382 g/mol. The molecule has 0 aliphatic heterocycles. The van der Waals surface area contributed by atoms with Crippen LogP contribution in [0.4, 0.5) is 0 Å². The quantitative estimate of drug-likeness (QED) is 0.651. The number of nitrogens with two attached hydrogens (primary N) is 1. The van der Waals surface area contributed by atoms with E-state index in [9.17, 15) is 14.4 Å². The number of benzene rings is 1. The van der Waals surface area contributed by atoms with Gasteiger partial charge in [0.2, 0.25) is 11.8 Å². The van der Waals surface area contributed by atoms with E-state index in [1.165, 1.54) is 13.0 Å². The second-order valence-electron chi connectivity index (χ2n) is 7.14. The Kier molecular flexibility index (Phi) is 7.36. The second kappa shape index (κ2) is 9.73. The van der Waals surface area contributed by atoms with E-state index in [-0.39, 0.29) is 12.5 Å². The average Bonchev–Trinajstić information content (AvgIpc) is 2.66. The normalized spacial score (nSPS) is 11.9. The highest BCUT2D eigenvalue weighted by Gasteiger charge is 2.15.